The number of anilines is 1. The van der Waals surface area contributed by atoms with Crippen LogP contribution >= 0.6 is 0 Å². The normalized spacial score (nSPS) is 11.0. The van der Waals surface area contributed by atoms with Gasteiger partial charge in [-0.3, -0.25) is 18.7 Å². The molecule has 0 spiro atoms. The minimum atomic E-state index is -0.449. The van der Waals surface area contributed by atoms with Gasteiger partial charge in [-0.25, -0.2) is 4.79 Å². The zero-order valence-corrected chi connectivity index (χ0v) is 17.4. The van der Waals surface area contributed by atoms with Gasteiger partial charge in [0.1, 0.15) is 6.54 Å². The molecule has 0 aliphatic heterocycles. The average Bonchev–Trinajstić information content (AvgIpc) is 2.68. The number of hydrogen-bond donors (Lipinski definition) is 1. The Bertz CT molecular complexity index is 1170. The highest BCUT2D eigenvalue weighted by Gasteiger charge is 2.16. The Balaban J connectivity index is 2.03. The summed E-state index contributed by atoms with van der Waals surface area (Å²) >= 11 is 0. The van der Waals surface area contributed by atoms with Gasteiger partial charge in [-0.1, -0.05) is 43.2 Å². The van der Waals surface area contributed by atoms with Crippen molar-refractivity contribution in [3.63, 3.8) is 0 Å². The number of nitrogens with one attached hydrogen (secondary N) is 1. The van der Waals surface area contributed by atoms with Crippen molar-refractivity contribution in [3.05, 3.63) is 73.9 Å². The van der Waals surface area contributed by atoms with Crippen LogP contribution in [0.25, 0.3) is 10.9 Å². The number of hydrogen-bond acceptors (Lipinski definition) is 3. The molecule has 2 aromatic carbocycles. The number of carbonyl (C=O) groups is 1. The third kappa shape index (κ3) is 4.16. The lowest BCUT2D eigenvalue weighted by molar-refractivity contribution is -0.116. The minimum absolute atomic E-state index is 0.154. The molecule has 1 amide bonds. The number of para-hydroxylation sites is 1. The Hall–Kier alpha value is -3.15. The number of aryl methyl sites for hydroxylation is 3. The largest absolute Gasteiger partial charge is 0.331 e. The first kappa shape index (κ1) is 20.6. The molecule has 0 saturated heterocycles. The molecule has 6 heteroatoms. The fourth-order valence-electron chi connectivity index (χ4n) is 3.74. The quantitative estimate of drug-likeness (QED) is 0.696. The van der Waals surface area contributed by atoms with Crippen LogP contribution in [0.2, 0.25) is 0 Å². The van der Waals surface area contributed by atoms with Crippen molar-refractivity contribution in [2.24, 2.45) is 0 Å². The maximum Gasteiger partial charge on any atom is 0.331 e. The van der Waals surface area contributed by atoms with E-state index < -0.39 is 5.69 Å². The Labute approximate surface area is 169 Å². The number of nitrogens with zero attached hydrogens (tertiary/aromatic N) is 2. The van der Waals surface area contributed by atoms with E-state index >= 15 is 0 Å². The van der Waals surface area contributed by atoms with Gasteiger partial charge in [0, 0.05) is 12.2 Å². The van der Waals surface area contributed by atoms with E-state index in [9.17, 15) is 14.4 Å². The summed E-state index contributed by atoms with van der Waals surface area (Å²) in [6, 6.07) is 11.0. The summed E-state index contributed by atoms with van der Waals surface area (Å²) in [4.78, 5) is 38.6. The second-order valence-electron chi connectivity index (χ2n) is 7.52. The molecule has 0 bridgehead atoms. The molecule has 0 atom stereocenters. The summed E-state index contributed by atoms with van der Waals surface area (Å²) < 4.78 is 2.63. The number of amides is 1. The second kappa shape index (κ2) is 8.47. The molecule has 3 aromatic rings. The Morgan fingerprint density at radius 2 is 1.66 bits per heavy atom. The van der Waals surface area contributed by atoms with Gasteiger partial charge >= 0.3 is 5.69 Å². The number of carbonyl (C=O) groups excluding carboxylic acids is 1. The third-order valence-electron chi connectivity index (χ3n) is 5.11. The smallest absolute Gasteiger partial charge is 0.324 e. The average molecular weight is 393 g/mol. The lowest BCUT2D eigenvalue weighted by Crippen LogP contribution is -2.41. The fourth-order valence-corrected chi connectivity index (χ4v) is 3.74. The first-order valence-electron chi connectivity index (χ1n) is 9.93. The number of rotatable bonds is 6. The van der Waals surface area contributed by atoms with Crippen LogP contribution in [0, 0.1) is 20.8 Å². The predicted octanol–water partition coefficient (Wildman–Crippen LogP) is 3.53. The van der Waals surface area contributed by atoms with Crippen molar-refractivity contribution >= 4 is 22.5 Å². The molecular formula is C23H27N3O3. The zero-order chi connectivity index (χ0) is 21.1. The van der Waals surface area contributed by atoms with Crippen LogP contribution in [0.15, 0.2) is 46.0 Å². The Morgan fingerprint density at radius 1 is 1.00 bits per heavy atom. The van der Waals surface area contributed by atoms with Crippen LogP contribution in [0.3, 0.4) is 0 Å². The molecule has 0 fully saturated rings. The Morgan fingerprint density at radius 3 is 2.31 bits per heavy atom. The number of fused-ring (bicyclic) bond motifs is 1. The number of aromatic nitrogens is 2. The summed E-state index contributed by atoms with van der Waals surface area (Å²) in [5, 5.41) is 3.38. The van der Waals surface area contributed by atoms with Gasteiger partial charge in [-0.05, 0) is 50.5 Å². The summed E-state index contributed by atoms with van der Waals surface area (Å²) in [7, 11) is 0. The van der Waals surface area contributed by atoms with Crippen molar-refractivity contribution in [1.82, 2.24) is 9.13 Å². The molecule has 1 heterocycles. The minimum Gasteiger partial charge on any atom is -0.324 e. The van der Waals surface area contributed by atoms with Gasteiger partial charge in [-0.2, -0.15) is 0 Å². The van der Waals surface area contributed by atoms with Gasteiger partial charge in [0.15, 0.2) is 0 Å². The van der Waals surface area contributed by atoms with E-state index in [2.05, 4.69) is 5.32 Å². The highest BCUT2D eigenvalue weighted by molar-refractivity contribution is 5.93. The molecule has 0 radical (unpaired) electrons. The fraction of sp³-hybridized carbons (Fsp3) is 0.348. The molecule has 1 N–H and O–H groups in total. The summed E-state index contributed by atoms with van der Waals surface area (Å²) in [5.41, 5.74) is 3.56. The van der Waals surface area contributed by atoms with E-state index in [1.54, 1.807) is 24.3 Å². The van der Waals surface area contributed by atoms with Gasteiger partial charge in [0.25, 0.3) is 5.56 Å². The van der Waals surface area contributed by atoms with E-state index in [1.807, 2.05) is 39.8 Å². The van der Waals surface area contributed by atoms with Gasteiger partial charge < -0.3 is 5.32 Å². The lowest BCUT2D eigenvalue weighted by Gasteiger charge is -2.16. The van der Waals surface area contributed by atoms with Crippen LogP contribution in [-0.2, 0) is 17.9 Å². The van der Waals surface area contributed by atoms with Crippen LogP contribution in [-0.4, -0.2) is 15.0 Å². The van der Waals surface area contributed by atoms with Crippen molar-refractivity contribution in [1.29, 1.82) is 0 Å². The standard InChI is InChI=1S/C23H27N3O3/c1-5-6-11-25-22(28)18-9-7-8-10-19(18)26(23(25)29)14-20(27)24-21-16(3)12-15(2)13-17(21)4/h7-10,12-13H,5-6,11,14H2,1-4H3,(H,24,27). The van der Waals surface area contributed by atoms with Gasteiger partial charge in [0.2, 0.25) is 5.91 Å². The maximum atomic E-state index is 13.0. The molecule has 152 valence electrons. The molecule has 6 nitrogen and oxygen atoms in total. The topological polar surface area (TPSA) is 73.1 Å². The monoisotopic (exact) mass is 393 g/mol. The third-order valence-corrected chi connectivity index (χ3v) is 5.11. The van der Waals surface area contributed by atoms with Crippen molar-refractivity contribution < 1.29 is 4.79 Å². The van der Waals surface area contributed by atoms with E-state index in [0.717, 1.165) is 35.2 Å². The second-order valence-corrected chi connectivity index (χ2v) is 7.52. The summed E-state index contributed by atoms with van der Waals surface area (Å²) in [5.74, 6) is -0.298. The highest BCUT2D eigenvalue weighted by Crippen LogP contribution is 2.22. The molecule has 1 aromatic heterocycles. The molecule has 0 aliphatic rings. The molecule has 29 heavy (non-hydrogen) atoms. The maximum absolute atomic E-state index is 13.0. The van der Waals surface area contributed by atoms with E-state index in [0.29, 0.717) is 17.4 Å². The molecular weight excluding hydrogens is 366 g/mol. The van der Waals surface area contributed by atoms with E-state index in [-0.39, 0.29) is 18.0 Å². The van der Waals surface area contributed by atoms with Crippen LogP contribution in [0.5, 0.6) is 0 Å². The SMILES string of the molecule is CCCCn1c(=O)c2ccccc2n(CC(=O)Nc2c(C)cc(C)cc2C)c1=O. The predicted molar refractivity (Wildman–Crippen MR) is 117 cm³/mol. The number of benzene rings is 2. The number of unbranched alkanes of at least 4 members (excludes halogenated alkanes) is 1. The first-order chi connectivity index (χ1) is 13.8. The first-order valence-corrected chi connectivity index (χ1v) is 9.93. The van der Waals surface area contributed by atoms with Crippen molar-refractivity contribution in [2.45, 2.75) is 53.6 Å². The Kier molecular flexibility index (Phi) is 6.01. The van der Waals surface area contributed by atoms with E-state index in [4.69, 9.17) is 0 Å². The molecule has 0 aliphatic carbocycles. The van der Waals surface area contributed by atoms with E-state index in [1.165, 1.54) is 9.13 Å². The molecule has 0 saturated carbocycles. The molecule has 3 rings (SSSR count). The van der Waals surface area contributed by atoms with Gasteiger partial charge in [0.05, 0.1) is 10.9 Å². The van der Waals surface area contributed by atoms with Crippen molar-refractivity contribution in [2.75, 3.05) is 5.32 Å². The lowest BCUT2D eigenvalue weighted by atomic mass is 10.1. The van der Waals surface area contributed by atoms with Crippen LogP contribution < -0.4 is 16.6 Å². The van der Waals surface area contributed by atoms with Gasteiger partial charge in [-0.15, -0.1) is 0 Å². The molecule has 0 unspecified atom stereocenters. The highest BCUT2D eigenvalue weighted by atomic mass is 16.2. The van der Waals surface area contributed by atoms with Crippen molar-refractivity contribution in [3.8, 4) is 0 Å². The summed E-state index contributed by atoms with van der Waals surface area (Å²) in [6.45, 7) is 8.10. The summed E-state index contributed by atoms with van der Waals surface area (Å²) in [6.07, 6.45) is 1.59. The van der Waals surface area contributed by atoms with Crippen LogP contribution in [0.4, 0.5) is 5.69 Å². The zero-order valence-electron chi connectivity index (χ0n) is 17.4. The van der Waals surface area contributed by atoms with Crippen LogP contribution in [0.1, 0.15) is 36.5 Å².